The fourth-order valence-corrected chi connectivity index (χ4v) is 1.56. The largest absolute Gasteiger partial charge is 0.345 e. The molecule has 1 rings (SSSR count). The van der Waals surface area contributed by atoms with E-state index in [1.165, 1.54) is 0 Å². The lowest BCUT2D eigenvalue weighted by molar-refractivity contribution is 0.101. The molecule has 0 aliphatic heterocycles. The van der Waals surface area contributed by atoms with Gasteiger partial charge < -0.3 is 4.90 Å². The summed E-state index contributed by atoms with van der Waals surface area (Å²) in [6.07, 6.45) is 7.97. The zero-order valence-corrected chi connectivity index (χ0v) is 9.73. The summed E-state index contributed by atoms with van der Waals surface area (Å²) in [6.45, 7) is 4.90. The van der Waals surface area contributed by atoms with Crippen molar-refractivity contribution in [2.45, 2.75) is 20.3 Å². The van der Waals surface area contributed by atoms with Crippen LogP contribution in [0.5, 0.6) is 0 Å². The van der Waals surface area contributed by atoms with E-state index in [1.807, 2.05) is 4.90 Å². The molecule has 0 fully saturated rings. The second-order valence-electron chi connectivity index (χ2n) is 3.56. The van der Waals surface area contributed by atoms with Gasteiger partial charge in [-0.2, -0.15) is 0 Å². The molecule has 1 aromatic heterocycles. The van der Waals surface area contributed by atoms with Gasteiger partial charge in [0.2, 0.25) is 0 Å². The van der Waals surface area contributed by atoms with Crippen LogP contribution in [0.1, 0.15) is 30.6 Å². The molecule has 0 amide bonds. The van der Waals surface area contributed by atoms with Gasteiger partial charge in [0.25, 0.3) is 0 Å². The van der Waals surface area contributed by atoms with Gasteiger partial charge in [0.05, 0.1) is 12.1 Å². The second-order valence-corrected chi connectivity index (χ2v) is 3.56. The number of rotatable bonds is 5. The predicted molar refractivity (Wildman–Crippen MR) is 65.6 cm³/mol. The van der Waals surface area contributed by atoms with Crippen LogP contribution in [0.4, 0.5) is 5.82 Å². The number of Topliss-reactive ketones (excluding diaryl/α,β-unsaturated/α-hetero) is 1. The van der Waals surface area contributed by atoms with Crippen LogP contribution in [0.2, 0.25) is 0 Å². The van der Waals surface area contributed by atoms with Gasteiger partial charge in [-0.3, -0.25) is 4.79 Å². The highest BCUT2D eigenvalue weighted by Gasteiger charge is 2.13. The molecule has 84 valence electrons. The average Bonchev–Trinajstić information content (AvgIpc) is 2.29. The lowest BCUT2D eigenvalue weighted by Gasteiger charge is -2.22. The Balaban J connectivity index is 3.08. The van der Waals surface area contributed by atoms with Crippen LogP contribution in [0, 0.1) is 12.3 Å². The van der Waals surface area contributed by atoms with Crippen LogP contribution < -0.4 is 4.90 Å². The van der Waals surface area contributed by atoms with Crippen LogP contribution in [-0.2, 0) is 0 Å². The molecular formula is C13H16N2O. The van der Waals surface area contributed by atoms with Crippen molar-refractivity contribution in [1.29, 1.82) is 0 Å². The molecule has 0 spiro atoms. The molecule has 16 heavy (non-hydrogen) atoms. The quantitative estimate of drug-likeness (QED) is 0.558. The fraction of sp³-hybridized carbons (Fsp3) is 0.385. The number of terminal acetylenes is 1. The van der Waals surface area contributed by atoms with E-state index in [1.54, 1.807) is 25.3 Å². The van der Waals surface area contributed by atoms with Crippen molar-refractivity contribution in [2.24, 2.45) is 0 Å². The molecule has 0 radical (unpaired) electrons. The number of carbonyl (C=O) groups is 1. The molecule has 0 aliphatic rings. The van der Waals surface area contributed by atoms with Crippen molar-refractivity contribution >= 4 is 11.6 Å². The minimum atomic E-state index is 0.0150. The maximum Gasteiger partial charge on any atom is 0.163 e. The van der Waals surface area contributed by atoms with Crippen molar-refractivity contribution in [3.8, 4) is 12.3 Å². The van der Waals surface area contributed by atoms with Crippen LogP contribution in [0.25, 0.3) is 0 Å². The van der Waals surface area contributed by atoms with E-state index in [0.29, 0.717) is 17.9 Å². The minimum absolute atomic E-state index is 0.0150. The Kier molecular flexibility index (Phi) is 4.53. The predicted octanol–water partition coefficient (Wildman–Crippen LogP) is 2.13. The number of nitrogens with zero attached hydrogens (tertiary/aromatic N) is 2. The lowest BCUT2D eigenvalue weighted by Crippen LogP contribution is -2.27. The molecule has 0 saturated carbocycles. The molecule has 0 atom stereocenters. The molecule has 3 heteroatoms. The summed E-state index contributed by atoms with van der Waals surface area (Å²) in [6, 6.07) is 3.55. The normalized spacial score (nSPS) is 9.56. The summed E-state index contributed by atoms with van der Waals surface area (Å²) in [4.78, 5) is 17.7. The van der Waals surface area contributed by atoms with E-state index in [2.05, 4.69) is 17.8 Å². The van der Waals surface area contributed by atoms with Gasteiger partial charge in [0.1, 0.15) is 5.82 Å². The molecule has 0 aliphatic carbocycles. The van der Waals surface area contributed by atoms with Gasteiger partial charge in [0, 0.05) is 12.7 Å². The first-order chi connectivity index (χ1) is 7.70. The summed E-state index contributed by atoms with van der Waals surface area (Å²) >= 11 is 0. The Bertz CT molecular complexity index is 407. The molecule has 3 nitrogen and oxygen atoms in total. The molecule has 1 heterocycles. The van der Waals surface area contributed by atoms with E-state index < -0.39 is 0 Å². The van der Waals surface area contributed by atoms with Crippen molar-refractivity contribution in [2.75, 3.05) is 18.0 Å². The van der Waals surface area contributed by atoms with E-state index in [9.17, 15) is 4.79 Å². The highest BCUT2D eigenvalue weighted by molar-refractivity contribution is 5.98. The van der Waals surface area contributed by atoms with E-state index >= 15 is 0 Å². The molecule has 0 bridgehead atoms. The molecular weight excluding hydrogens is 200 g/mol. The molecule has 0 saturated heterocycles. The fourth-order valence-electron chi connectivity index (χ4n) is 1.56. The van der Waals surface area contributed by atoms with Crippen LogP contribution >= 0.6 is 0 Å². The SMILES string of the molecule is C#CCN(CCC)c1ncccc1C(C)=O. The topological polar surface area (TPSA) is 33.2 Å². The van der Waals surface area contributed by atoms with E-state index in [-0.39, 0.29) is 5.78 Å². The second kappa shape index (κ2) is 5.92. The van der Waals surface area contributed by atoms with Crippen molar-refractivity contribution in [3.63, 3.8) is 0 Å². The van der Waals surface area contributed by atoms with E-state index in [4.69, 9.17) is 6.42 Å². The minimum Gasteiger partial charge on any atom is -0.345 e. The van der Waals surface area contributed by atoms with Gasteiger partial charge in [-0.05, 0) is 25.5 Å². The Morgan fingerprint density at radius 3 is 2.94 bits per heavy atom. The highest BCUT2D eigenvalue weighted by atomic mass is 16.1. The van der Waals surface area contributed by atoms with Gasteiger partial charge in [-0.25, -0.2) is 4.98 Å². The first-order valence-electron chi connectivity index (χ1n) is 5.35. The summed E-state index contributed by atoms with van der Waals surface area (Å²) < 4.78 is 0. The maximum absolute atomic E-state index is 11.5. The smallest absolute Gasteiger partial charge is 0.163 e. The Morgan fingerprint density at radius 2 is 2.38 bits per heavy atom. The third-order valence-electron chi connectivity index (χ3n) is 2.24. The van der Waals surface area contributed by atoms with E-state index in [0.717, 1.165) is 13.0 Å². The number of anilines is 1. The number of hydrogen-bond donors (Lipinski definition) is 0. The Labute approximate surface area is 96.5 Å². The third kappa shape index (κ3) is 2.83. The lowest BCUT2D eigenvalue weighted by atomic mass is 10.1. The average molecular weight is 216 g/mol. The van der Waals surface area contributed by atoms with Gasteiger partial charge in [-0.1, -0.05) is 12.8 Å². The monoisotopic (exact) mass is 216 g/mol. The van der Waals surface area contributed by atoms with Crippen LogP contribution in [-0.4, -0.2) is 23.9 Å². The van der Waals surface area contributed by atoms with Gasteiger partial charge in [-0.15, -0.1) is 6.42 Å². The standard InChI is InChI=1S/C13H16N2O/c1-4-9-15(10-5-2)13-12(11(3)16)7-6-8-14-13/h1,6-8H,5,9-10H2,2-3H3. The zero-order chi connectivity index (χ0) is 12.0. The maximum atomic E-state index is 11.5. The number of carbonyl (C=O) groups excluding carboxylic acids is 1. The number of ketones is 1. The Hall–Kier alpha value is -1.82. The zero-order valence-electron chi connectivity index (χ0n) is 9.73. The molecule has 0 aromatic carbocycles. The number of aromatic nitrogens is 1. The molecule has 1 aromatic rings. The van der Waals surface area contributed by atoms with Crippen molar-refractivity contribution in [3.05, 3.63) is 23.9 Å². The first-order valence-corrected chi connectivity index (χ1v) is 5.35. The summed E-state index contributed by atoms with van der Waals surface area (Å²) in [5.74, 6) is 3.30. The highest BCUT2D eigenvalue weighted by Crippen LogP contribution is 2.17. The molecule has 0 N–H and O–H groups in total. The molecule has 0 unspecified atom stereocenters. The van der Waals surface area contributed by atoms with Crippen LogP contribution in [0.15, 0.2) is 18.3 Å². The van der Waals surface area contributed by atoms with Crippen LogP contribution in [0.3, 0.4) is 0 Å². The van der Waals surface area contributed by atoms with Gasteiger partial charge >= 0.3 is 0 Å². The summed E-state index contributed by atoms with van der Waals surface area (Å²) in [7, 11) is 0. The van der Waals surface area contributed by atoms with Crippen molar-refractivity contribution in [1.82, 2.24) is 4.98 Å². The third-order valence-corrected chi connectivity index (χ3v) is 2.24. The summed E-state index contributed by atoms with van der Waals surface area (Å²) in [5, 5.41) is 0. The number of pyridine rings is 1. The van der Waals surface area contributed by atoms with Crippen molar-refractivity contribution < 1.29 is 4.79 Å². The first kappa shape index (κ1) is 12.3. The van der Waals surface area contributed by atoms with Gasteiger partial charge in [0.15, 0.2) is 5.78 Å². The summed E-state index contributed by atoms with van der Waals surface area (Å²) in [5.41, 5.74) is 0.631. The number of hydrogen-bond acceptors (Lipinski definition) is 3. The Morgan fingerprint density at radius 1 is 1.62 bits per heavy atom.